The average Bonchev–Trinajstić information content (AvgIpc) is 3.03. The van der Waals surface area contributed by atoms with Gasteiger partial charge in [0.05, 0.1) is 11.5 Å². The predicted molar refractivity (Wildman–Crippen MR) is 84.9 cm³/mol. The molecule has 24 heavy (non-hydrogen) atoms. The Hall–Kier alpha value is -3.29. The number of benzene rings is 2. The maximum absolute atomic E-state index is 12.9. The lowest BCUT2D eigenvalue weighted by Gasteiger charge is -2.07. The molecule has 0 spiro atoms. The molecule has 3 aromatic rings. The zero-order valence-corrected chi connectivity index (χ0v) is 12.7. The van der Waals surface area contributed by atoms with E-state index in [1.54, 1.807) is 31.2 Å². The Kier molecular flexibility index (Phi) is 4.19. The van der Waals surface area contributed by atoms with Gasteiger partial charge in [-0.3, -0.25) is 10.1 Å². The quantitative estimate of drug-likeness (QED) is 0.567. The fourth-order valence-electron chi connectivity index (χ4n) is 2.22. The highest BCUT2D eigenvalue weighted by molar-refractivity contribution is 5.59. The van der Waals surface area contributed by atoms with E-state index in [2.05, 4.69) is 15.5 Å². The van der Waals surface area contributed by atoms with Crippen LogP contribution in [-0.2, 0) is 6.54 Å². The summed E-state index contributed by atoms with van der Waals surface area (Å²) in [6.07, 6.45) is 0. The van der Waals surface area contributed by atoms with Gasteiger partial charge in [-0.05, 0) is 37.3 Å². The van der Waals surface area contributed by atoms with Gasteiger partial charge in [-0.1, -0.05) is 6.07 Å². The first kappa shape index (κ1) is 15.6. The molecule has 0 amide bonds. The summed E-state index contributed by atoms with van der Waals surface area (Å²) in [7, 11) is 0. The number of nitrogens with zero attached hydrogens (tertiary/aromatic N) is 3. The minimum absolute atomic E-state index is 0.0394. The van der Waals surface area contributed by atoms with Crippen LogP contribution < -0.4 is 5.32 Å². The van der Waals surface area contributed by atoms with Crippen LogP contribution >= 0.6 is 0 Å². The van der Waals surface area contributed by atoms with Gasteiger partial charge in [-0.15, -0.1) is 10.2 Å². The largest absolute Gasteiger partial charge is 0.419 e. The van der Waals surface area contributed by atoms with Crippen molar-refractivity contribution in [2.24, 2.45) is 0 Å². The average molecular weight is 328 g/mol. The molecule has 0 aliphatic heterocycles. The first-order valence-electron chi connectivity index (χ1n) is 7.11. The van der Waals surface area contributed by atoms with Crippen LogP contribution in [0.1, 0.15) is 11.5 Å². The molecule has 0 aliphatic carbocycles. The highest BCUT2D eigenvalue weighted by Crippen LogP contribution is 2.25. The van der Waals surface area contributed by atoms with Crippen LogP contribution in [0, 0.1) is 22.9 Å². The third kappa shape index (κ3) is 3.22. The van der Waals surface area contributed by atoms with Crippen LogP contribution in [0.15, 0.2) is 46.9 Å². The number of nitrogens with one attached hydrogen (secondary N) is 1. The standard InChI is InChI=1S/C16H13FN4O3/c1-10-13(3-2-4-14(10)21(22)23)18-9-15-19-20-16(24-15)11-5-7-12(17)8-6-11/h2-8,18H,9H2,1H3. The van der Waals surface area contributed by atoms with E-state index < -0.39 is 4.92 Å². The molecule has 1 heterocycles. The van der Waals surface area contributed by atoms with Crippen molar-refractivity contribution in [1.82, 2.24) is 10.2 Å². The van der Waals surface area contributed by atoms with Crippen LogP contribution in [0.25, 0.3) is 11.5 Å². The molecule has 1 N–H and O–H groups in total. The van der Waals surface area contributed by atoms with Crippen molar-refractivity contribution in [2.45, 2.75) is 13.5 Å². The van der Waals surface area contributed by atoms with Crippen molar-refractivity contribution in [3.05, 3.63) is 69.9 Å². The fraction of sp³-hybridized carbons (Fsp3) is 0.125. The number of nitro benzene ring substituents is 1. The molecule has 0 radical (unpaired) electrons. The van der Waals surface area contributed by atoms with Crippen LogP contribution in [0.4, 0.5) is 15.8 Å². The molecule has 0 bridgehead atoms. The number of hydrogen-bond donors (Lipinski definition) is 1. The van der Waals surface area contributed by atoms with Crippen molar-refractivity contribution >= 4 is 11.4 Å². The lowest BCUT2D eigenvalue weighted by atomic mass is 10.1. The summed E-state index contributed by atoms with van der Waals surface area (Å²) in [5.74, 6) is 0.254. The molecular formula is C16H13FN4O3. The molecule has 7 nitrogen and oxygen atoms in total. The van der Waals surface area contributed by atoms with E-state index >= 15 is 0 Å². The summed E-state index contributed by atoms with van der Waals surface area (Å²) in [4.78, 5) is 10.5. The zero-order valence-electron chi connectivity index (χ0n) is 12.7. The van der Waals surface area contributed by atoms with E-state index in [0.717, 1.165) is 0 Å². The Labute approximate surface area is 136 Å². The maximum atomic E-state index is 12.9. The number of anilines is 1. The molecule has 0 saturated carbocycles. The van der Waals surface area contributed by atoms with Gasteiger partial charge in [0.2, 0.25) is 11.8 Å². The Bertz CT molecular complexity index is 877. The molecule has 3 rings (SSSR count). The first-order valence-corrected chi connectivity index (χ1v) is 7.11. The third-order valence-corrected chi connectivity index (χ3v) is 3.49. The van der Waals surface area contributed by atoms with E-state index in [9.17, 15) is 14.5 Å². The molecule has 0 atom stereocenters. The number of nitro groups is 1. The molecule has 2 aromatic carbocycles. The zero-order chi connectivity index (χ0) is 17.1. The van der Waals surface area contributed by atoms with Crippen molar-refractivity contribution < 1.29 is 13.7 Å². The summed E-state index contributed by atoms with van der Waals surface area (Å²) < 4.78 is 18.4. The number of rotatable bonds is 5. The SMILES string of the molecule is Cc1c(NCc2nnc(-c3ccc(F)cc3)o2)cccc1[N+](=O)[O-]. The molecule has 0 fully saturated rings. The minimum Gasteiger partial charge on any atom is -0.419 e. The molecule has 0 aliphatic rings. The summed E-state index contributed by atoms with van der Waals surface area (Å²) in [5.41, 5.74) is 1.80. The third-order valence-electron chi connectivity index (χ3n) is 3.49. The van der Waals surface area contributed by atoms with Crippen LogP contribution in [-0.4, -0.2) is 15.1 Å². The summed E-state index contributed by atoms with van der Waals surface area (Å²) in [6, 6.07) is 10.5. The van der Waals surface area contributed by atoms with E-state index in [4.69, 9.17) is 4.42 Å². The molecule has 0 unspecified atom stereocenters. The van der Waals surface area contributed by atoms with Gasteiger partial charge in [0, 0.05) is 22.9 Å². The van der Waals surface area contributed by atoms with Crippen LogP contribution in [0.3, 0.4) is 0 Å². The van der Waals surface area contributed by atoms with Crippen LogP contribution in [0.2, 0.25) is 0 Å². The van der Waals surface area contributed by atoms with Gasteiger partial charge in [-0.25, -0.2) is 4.39 Å². The fourth-order valence-corrected chi connectivity index (χ4v) is 2.22. The van der Waals surface area contributed by atoms with E-state index in [1.165, 1.54) is 18.2 Å². The Morgan fingerprint density at radius 1 is 1.21 bits per heavy atom. The number of halogens is 1. The first-order chi connectivity index (χ1) is 11.5. The van der Waals surface area contributed by atoms with Gasteiger partial charge >= 0.3 is 0 Å². The highest BCUT2D eigenvalue weighted by Gasteiger charge is 2.14. The minimum atomic E-state index is -0.431. The van der Waals surface area contributed by atoms with Gasteiger partial charge < -0.3 is 9.73 Å². The summed E-state index contributed by atoms with van der Waals surface area (Å²) in [6.45, 7) is 1.88. The summed E-state index contributed by atoms with van der Waals surface area (Å²) in [5, 5.41) is 21.8. The molecule has 1 aromatic heterocycles. The van der Waals surface area contributed by atoms with E-state index in [0.29, 0.717) is 22.7 Å². The van der Waals surface area contributed by atoms with E-state index in [1.807, 2.05) is 0 Å². The van der Waals surface area contributed by atoms with Crippen LogP contribution in [0.5, 0.6) is 0 Å². The molecular weight excluding hydrogens is 315 g/mol. The second-order valence-electron chi connectivity index (χ2n) is 5.07. The van der Waals surface area contributed by atoms with Crippen molar-refractivity contribution in [1.29, 1.82) is 0 Å². The lowest BCUT2D eigenvalue weighted by molar-refractivity contribution is -0.385. The topological polar surface area (TPSA) is 94.1 Å². The highest BCUT2D eigenvalue weighted by atomic mass is 19.1. The molecule has 8 heteroatoms. The Balaban J connectivity index is 1.73. The maximum Gasteiger partial charge on any atom is 0.274 e. The van der Waals surface area contributed by atoms with Crippen molar-refractivity contribution in [2.75, 3.05) is 5.32 Å². The van der Waals surface area contributed by atoms with Gasteiger partial charge in [0.25, 0.3) is 5.69 Å². The van der Waals surface area contributed by atoms with Crippen molar-refractivity contribution in [3.63, 3.8) is 0 Å². The van der Waals surface area contributed by atoms with Crippen molar-refractivity contribution in [3.8, 4) is 11.5 Å². The van der Waals surface area contributed by atoms with Gasteiger partial charge in [0.1, 0.15) is 5.82 Å². The van der Waals surface area contributed by atoms with E-state index in [-0.39, 0.29) is 23.9 Å². The lowest BCUT2D eigenvalue weighted by Crippen LogP contribution is -2.03. The number of hydrogen-bond acceptors (Lipinski definition) is 6. The molecule has 0 saturated heterocycles. The Morgan fingerprint density at radius 3 is 2.67 bits per heavy atom. The van der Waals surface area contributed by atoms with Gasteiger partial charge in [-0.2, -0.15) is 0 Å². The normalized spacial score (nSPS) is 10.6. The predicted octanol–water partition coefficient (Wildman–Crippen LogP) is 3.70. The smallest absolute Gasteiger partial charge is 0.274 e. The molecule has 122 valence electrons. The number of aromatic nitrogens is 2. The van der Waals surface area contributed by atoms with Gasteiger partial charge in [0.15, 0.2) is 0 Å². The monoisotopic (exact) mass is 328 g/mol. The second-order valence-corrected chi connectivity index (χ2v) is 5.07. The second kappa shape index (κ2) is 6.45. The Morgan fingerprint density at radius 2 is 1.96 bits per heavy atom. The summed E-state index contributed by atoms with van der Waals surface area (Å²) >= 11 is 0.